The van der Waals surface area contributed by atoms with Crippen LogP contribution in [0.2, 0.25) is 0 Å². The van der Waals surface area contributed by atoms with E-state index in [-0.39, 0.29) is 24.2 Å². The second-order valence-corrected chi connectivity index (χ2v) is 4.86. The van der Waals surface area contributed by atoms with E-state index in [0.29, 0.717) is 13.0 Å². The van der Waals surface area contributed by atoms with Crippen molar-refractivity contribution in [3.05, 3.63) is 35.6 Å². The zero-order chi connectivity index (χ0) is 13.0. The van der Waals surface area contributed by atoms with Crippen molar-refractivity contribution in [2.75, 3.05) is 20.2 Å². The van der Waals surface area contributed by atoms with Crippen LogP contribution in [0.3, 0.4) is 0 Å². The predicted molar refractivity (Wildman–Crippen MR) is 73.9 cm³/mol. The summed E-state index contributed by atoms with van der Waals surface area (Å²) in [4.78, 5) is 12.0. The molecule has 3 nitrogen and oxygen atoms in total. The van der Waals surface area contributed by atoms with Crippen LogP contribution < -0.4 is 5.32 Å². The Bertz CT molecular complexity index is 416. The minimum atomic E-state index is -0.509. The van der Waals surface area contributed by atoms with Gasteiger partial charge in [-0.05, 0) is 43.5 Å². The summed E-state index contributed by atoms with van der Waals surface area (Å²) in [5.41, 5.74) is 0.454. The van der Waals surface area contributed by atoms with Gasteiger partial charge in [-0.25, -0.2) is 4.39 Å². The average Bonchev–Trinajstić information content (AvgIpc) is 2.41. The average molecular weight is 288 g/mol. The number of methoxy groups -OCH3 is 1. The Labute approximate surface area is 118 Å². The maximum absolute atomic E-state index is 12.9. The first-order chi connectivity index (χ1) is 8.66. The van der Waals surface area contributed by atoms with Crippen molar-refractivity contribution >= 4 is 18.4 Å². The monoisotopic (exact) mass is 287 g/mol. The molecule has 19 heavy (non-hydrogen) atoms. The van der Waals surface area contributed by atoms with Crippen molar-refractivity contribution in [2.45, 2.75) is 19.3 Å². The Kier molecular flexibility index (Phi) is 5.76. The molecule has 1 fully saturated rings. The molecule has 0 amide bonds. The van der Waals surface area contributed by atoms with Crippen LogP contribution in [0, 0.1) is 11.2 Å². The fraction of sp³-hybridized carbons (Fsp3) is 0.500. The largest absolute Gasteiger partial charge is 0.469 e. The summed E-state index contributed by atoms with van der Waals surface area (Å²) in [6, 6.07) is 6.32. The molecule has 1 N–H and O–H groups in total. The van der Waals surface area contributed by atoms with Crippen LogP contribution >= 0.6 is 12.4 Å². The maximum atomic E-state index is 12.9. The molecule has 0 radical (unpaired) electrons. The van der Waals surface area contributed by atoms with Gasteiger partial charge in [0.1, 0.15) is 5.82 Å². The van der Waals surface area contributed by atoms with Gasteiger partial charge in [-0.3, -0.25) is 4.79 Å². The lowest BCUT2D eigenvalue weighted by Gasteiger charge is -2.35. The SMILES string of the molecule is COC(=O)C1(Cc2ccc(F)cc2)CCCNC1.Cl. The molecule has 1 aliphatic heterocycles. The second-order valence-electron chi connectivity index (χ2n) is 4.86. The molecular formula is C14H19ClFNO2. The highest BCUT2D eigenvalue weighted by Crippen LogP contribution is 2.32. The van der Waals surface area contributed by atoms with E-state index in [1.165, 1.54) is 19.2 Å². The topological polar surface area (TPSA) is 38.3 Å². The van der Waals surface area contributed by atoms with Crippen molar-refractivity contribution in [1.82, 2.24) is 5.32 Å². The molecule has 1 aliphatic rings. The highest BCUT2D eigenvalue weighted by molar-refractivity contribution is 5.85. The summed E-state index contributed by atoms with van der Waals surface area (Å²) < 4.78 is 17.8. The van der Waals surface area contributed by atoms with Crippen molar-refractivity contribution in [1.29, 1.82) is 0 Å². The molecule has 0 bridgehead atoms. The summed E-state index contributed by atoms with van der Waals surface area (Å²) in [5.74, 6) is -0.438. The van der Waals surface area contributed by atoms with E-state index < -0.39 is 5.41 Å². The first kappa shape index (κ1) is 15.9. The molecule has 1 saturated heterocycles. The number of hydrogen-bond donors (Lipinski definition) is 1. The highest BCUT2D eigenvalue weighted by atomic mass is 35.5. The van der Waals surface area contributed by atoms with Gasteiger partial charge in [0.05, 0.1) is 12.5 Å². The smallest absolute Gasteiger partial charge is 0.313 e. The van der Waals surface area contributed by atoms with Crippen molar-refractivity contribution in [2.24, 2.45) is 5.41 Å². The molecule has 0 aromatic heterocycles. The van der Waals surface area contributed by atoms with Crippen LogP contribution in [-0.4, -0.2) is 26.2 Å². The molecule has 1 atom stereocenters. The lowest BCUT2D eigenvalue weighted by Crippen LogP contribution is -2.47. The molecular weight excluding hydrogens is 269 g/mol. The fourth-order valence-corrected chi connectivity index (χ4v) is 2.57. The molecule has 5 heteroatoms. The quantitative estimate of drug-likeness (QED) is 0.867. The van der Waals surface area contributed by atoms with Gasteiger partial charge in [-0.2, -0.15) is 0 Å². The van der Waals surface area contributed by atoms with Crippen LogP contribution in [0.25, 0.3) is 0 Å². The molecule has 0 saturated carbocycles. The van der Waals surface area contributed by atoms with Gasteiger partial charge in [0.2, 0.25) is 0 Å². The van der Waals surface area contributed by atoms with E-state index >= 15 is 0 Å². The standard InChI is InChI=1S/C14H18FNO2.ClH/c1-18-13(17)14(7-2-8-16-10-14)9-11-3-5-12(15)6-4-11;/h3-6,16H,2,7-10H2,1H3;1H. The predicted octanol–water partition coefficient (Wildman–Crippen LogP) is 2.33. The first-order valence-corrected chi connectivity index (χ1v) is 6.20. The number of piperidine rings is 1. The third-order valence-corrected chi connectivity index (χ3v) is 3.55. The molecule has 1 aromatic rings. The molecule has 1 aromatic carbocycles. The van der Waals surface area contributed by atoms with E-state index in [4.69, 9.17) is 4.74 Å². The van der Waals surface area contributed by atoms with Crippen LogP contribution in [0.5, 0.6) is 0 Å². The van der Waals surface area contributed by atoms with E-state index in [2.05, 4.69) is 5.32 Å². The van der Waals surface area contributed by atoms with Crippen LogP contribution in [0.1, 0.15) is 18.4 Å². The number of hydrogen-bond acceptors (Lipinski definition) is 3. The van der Waals surface area contributed by atoms with E-state index in [9.17, 15) is 9.18 Å². The molecule has 1 heterocycles. The fourth-order valence-electron chi connectivity index (χ4n) is 2.57. The lowest BCUT2D eigenvalue weighted by molar-refractivity contribution is -0.153. The van der Waals surface area contributed by atoms with Gasteiger partial charge in [-0.1, -0.05) is 12.1 Å². The summed E-state index contributed by atoms with van der Waals surface area (Å²) in [7, 11) is 1.42. The number of carbonyl (C=O) groups excluding carboxylic acids is 1. The second kappa shape index (κ2) is 6.87. The Balaban J connectivity index is 0.00000180. The van der Waals surface area contributed by atoms with Gasteiger partial charge in [-0.15, -0.1) is 12.4 Å². The van der Waals surface area contributed by atoms with E-state index in [1.807, 2.05) is 0 Å². The molecule has 106 valence electrons. The Hall–Kier alpha value is -1.13. The summed E-state index contributed by atoms with van der Waals surface area (Å²) >= 11 is 0. The Morgan fingerprint density at radius 1 is 1.42 bits per heavy atom. The minimum absolute atomic E-state index is 0. The zero-order valence-electron chi connectivity index (χ0n) is 10.9. The number of ether oxygens (including phenoxy) is 1. The molecule has 1 unspecified atom stereocenters. The van der Waals surface area contributed by atoms with E-state index in [1.54, 1.807) is 12.1 Å². The Morgan fingerprint density at radius 2 is 2.11 bits per heavy atom. The number of halogens is 2. The normalized spacial score (nSPS) is 22.4. The van der Waals surface area contributed by atoms with E-state index in [0.717, 1.165) is 24.9 Å². The van der Waals surface area contributed by atoms with Crippen LogP contribution in [0.15, 0.2) is 24.3 Å². The third kappa shape index (κ3) is 3.67. The van der Waals surface area contributed by atoms with Crippen molar-refractivity contribution in [3.8, 4) is 0 Å². The number of carbonyl (C=O) groups is 1. The molecule has 2 rings (SSSR count). The third-order valence-electron chi connectivity index (χ3n) is 3.55. The van der Waals surface area contributed by atoms with Gasteiger partial charge >= 0.3 is 5.97 Å². The number of benzene rings is 1. The number of nitrogens with one attached hydrogen (secondary N) is 1. The molecule has 0 aliphatic carbocycles. The first-order valence-electron chi connectivity index (χ1n) is 6.20. The summed E-state index contributed by atoms with van der Waals surface area (Å²) in [5, 5.41) is 3.25. The Morgan fingerprint density at radius 3 is 2.63 bits per heavy atom. The number of esters is 1. The van der Waals surface area contributed by atoms with Crippen LogP contribution in [-0.2, 0) is 16.0 Å². The van der Waals surface area contributed by atoms with Gasteiger partial charge < -0.3 is 10.1 Å². The molecule has 0 spiro atoms. The zero-order valence-corrected chi connectivity index (χ0v) is 11.8. The van der Waals surface area contributed by atoms with Crippen molar-refractivity contribution < 1.29 is 13.9 Å². The number of rotatable bonds is 3. The van der Waals surface area contributed by atoms with Gasteiger partial charge in [0.25, 0.3) is 0 Å². The van der Waals surface area contributed by atoms with Gasteiger partial charge in [0.15, 0.2) is 0 Å². The van der Waals surface area contributed by atoms with Crippen LogP contribution in [0.4, 0.5) is 4.39 Å². The summed E-state index contributed by atoms with van der Waals surface area (Å²) in [6.45, 7) is 1.55. The maximum Gasteiger partial charge on any atom is 0.313 e. The van der Waals surface area contributed by atoms with Gasteiger partial charge in [0, 0.05) is 6.54 Å². The summed E-state index contributed by atoms with van der Waals surface area (Å²) in [6.07, 6.45) is 2.35. The lowest BCUT2D eigenvalue weighted by atomic mass is 9.76. The van der Waals surface area contributed by atoms with Crippen molar-refractivity contribution in [3.63, 3.8) is 0 Å². The highest BCUT2D eigenvalue weighted by Gasteiger charge is 2.40. The minimum Gasteiger partial charge on any atom is -0.469 e.